The van der Waals surface area contributed by atoms with Crippen molar-refractivity contribution < 1.29 is 9.47 Å². The fourth-order valence-electron chi connectivity index (χ4n) is 2.48. The normalized spacial score (nSPS) is 11.7. The zero-order chi connectivity index (χ0) is 19.5. The van der Waals surface area contributed by atoms with Crippen LogP contribution < -0.4 is 9.47 Å². The van der Waals surface area contributed by atoms with E-state index < -0.39 is 0 Å². The average Bonchev–Trinajstić information content (AvgIpc) is 2.54. The molecule has 0 saturated carbocycles. The van der Waals surface area contributed by atoms with Crippen LogP contribution in [0.4, 0.5) is 5.69 Å². The van der Waals surface area contributed by atoms with Crippen molar-refractivity contribution in [3.8, 4) is 17.2 Å². The highest BCUT2D eigenvalue weighted by molar-refractivity contribution is 6.31. The molecule has 0 aliphatic rings. The Morgan fingerprint density at radius 1 is 1.08 bits per heavy atom. The summed E-state index contributed by atoms with van der Waals surface area (Å²) in [5.41, 5.74) is 2.82. The third-order valence-corrected chi connectivity index (χ3v) is 4.21. The minimum absolute atomic E-state index is 0.0682. The van der Waals surface area contributed by atoms with Gasteiger partial charge in [0, 0.05) is 25.2 Å². The molecule has 0 N–H and O–H groups in total. The molecule has 0 spiro atoms. The van der Waals surface area contributed by atoms with Gasteiger partial charge in [0.05, 0.1) is 19.1 Å². The summed E-state index contributed by atoms with van der Waals surface area (Å²) >= 11 is 6.35. The Hall–Kier alpha value is -2.20. The van der Waals surface area contributed by atoms with E-state index in [1.807, 2.05) is 56.3 Å². The van der Waals surface area contributed by atoms with E-state index in [1.54, 1.807) is 13.4 Å². The zero-order valence-corrected chi connectivity index (χ0v) is 17.3. The maximum Gasteiger partial charge on any atom is 0.169 e. The number of hydrogen-bond donors (Lipinski definition) is 0. The van der Waals surface area contributed by atoms with Crippen molar-refractivity contribution in [1.82, 2.24) is 4.90 Å². The highest BCUT2D eigenvalue weighted by atomic mass is 35.5. The van der Waals surface area contributed by atoms with E-state index in [2.05, 4.69) is 25.8 Å². The smallest absolute Gasteiger partial charge is 0.169 e. The summed E-state index contributed by atoms with van der Waals surface area (Å²) in [5, 5.41) is 0.737. The molecule has 0 heterocycles. The molecule has 5 heteroatoms. The topological polar surface area (TPSA) is 34.1 Å². The second-order valence-corrected chi connectivity index (χ2v) is 7.90. The maximum absolute atomic E-state index is 6.35. The lowest BCUT2D eigenvalue weighted by atomic mass is 9.87. The van der Waals surface area contributed by atoms with E-state index in [0.29, 0.717) is 11.5 Å². The second-order valence-electron chi connectivity index (χ2n) is 7.49. The lowest BCUT2D eigenvalue weighted by Crippen LogP contribution is -2.11. The Balaban J connectivity index is 2.39. The third-order valence-electron chi connectivity index (χ3n) is 3.88. The Labute approximate surface area is 161 Å². The Kier molecular flexibility index (Phi) is 6.19. The van der Waals surface area contributed by atoms with E-state index in [1.165, 1.54) is 0 Å². The summed E-state index contributed by atoms with van der Waals surface area (Å²) in [6, 6.07) is 9.53. The molecule has 0 amide bonds. The minimum atomic E-state index is -0.0682. The molecule has 2 aromatic rings. The Bertz CT molecular complexity index is 808. The van der Waals surface area contributed by atoms with Crippen molar-refractivity contribution >= 4 is 23.6 Å². The number of benzene rings is 2. The predicted octanol–water partition coefficient (Wildman–Crippen LogP) is 5.97. The summed E-state index contributed by atoms with van der Waals surface area (Å²) in [4.78, 5) is 6.35. The molecule has 0 radical (unpaired) electrons. The number of aryl methyl sites for hydroxylation is 1. The van der Waals surface area contributed by atoms with Gasteiger partial charge in [-0.1, -0.05) is 32.4 Å². The average molecular weight is 375 g/mol. The first-order valence-electron chi connectivity index (χ1n) is 8.49. The van der Waals surface area contributed by atoms with E-state index in [0.717, 1.165) is 27.6 Å². The van der Waals surface area contributed by atoms with Crippen LogP contribution in [0.1, 0.15) is 31.9 Å². The number of ether oxygens (including phenoxy) is 2. The van der Waals surface area contributed by atoms with Crippen LogP contribution in [0.5, 0.6) is 17.2 Å². The molecule has 0 saturated heterocycles. The number of hydrogen-bond acceptors (Lipinski definition) is 3. The lowest BCUT2D eigenvalue weighted by Gasteiger charge is -2.21. The molecule has 0 aliphatic carbocycles. The van der Waals surface area contributed by atoms with Gasteiger partial charge in [-0.05, 0) is 47.7 Å². The fraction of sp³-hybridized carbons (Fsp3) is 0.381. The Morgan fingerprint density at radius 3 is 2.35 bits per heavy atom. The first kappa shape index (κ1) is 20.1. The van der Waals surface area contributed by atoms with E-state index in [9.17, 15) is 0 Å². The van der Waals surface area contributed by atoms with Gasteiger partial charge < -0.3 is 14.4 Å². The molecule has 0 aliphatic heterocycles. The van der Waals surface area contributed by atoms with Gasteiger partial charge in [0.15, 0.2) is 11.5 Å². The molecule has 140 valence electrons. The molecular formula is C21H27ClN2O2. The maximum atomic E-state index is 6.35. The molecule has 0 aromatic heterocycles. The first-order chi connectivity index (χ1) is 12.1. The fourth-order valence-corrected chi connectivity index (χ4v) is 2.88. The SMILES string of the molecule is COc1cc(N=CN(C)C)c(C)cc1Oc1ccc(Cl)c(C(C)(C)C)c1. The quantitative estimate of drug-likeness (QED) is 0.477. The molecule has 0 bridgehead atoms. The molecule has 0 fully saturated rings. The van der Waals surface area contributed by atoms with Crippen molar-refractivity contribution in [3.05, 3.63) is 46.5 Å². The standard InChI is InChI=1S/C21H27ClN2O2/c1-14-10-20(19(25-7)12-18(14)23-13-24(5)6)26-15-8-9-17(22)16(11-15)21(2,3)4/h8-13H,1-7H3. The number of aliphatic imine (C=N–C) groups is 1. The largest absolute Gasteiger partial charge is 0.493 e. The molecular weight excluding hydrogens is 348 g/mol. The molecule has 2 rings (SSSR count). The summed E-state index contributed by atoms with van der Waals surface area (Å²) < 4.78 is 11.6. The van der Waals surface area contributed by atoms with Crippen LogP contribution >= 0.6 is 11.6 Å². The van der Waals surface area contributed by atoms with Crippen LogP contribution in [0.3, 0.4) is 0 Å². The van der Waals surface area contributed by atoms with E-state index in [-0.39, 0.29) is 5.41 Å². The summed E-state index contributed by atoms with van der Waals surface area (Å²) in [6.07, 6.45) is 1.76. The first-order valence-corrected chi connectivity index (χ1v) is 8.86. The van der Waals surface area contributed by atoms with Gasteiger partial charge in [0.2, 0.25) is 0 Å². The van der Waals surface area contributed by atoms with Crippen molar-refractivity contribution in [2.24, 2.45) is 4.99 Å². The monoisotopic (exact) mass is 374 g/mol. The van der Waals surface area contributed by atoms with Crippen LogP contribution in [-0.4, -0.2) is 32.4 Å². The highest BCUT2D eigenvalue weighted by Crippen LogP contribution is 2.39. The van der Waals surface area contributed by atoms with Gasteiger partial charge in [-0.2, -0.15) is 0 Å². The van der Waals surface area contributed by atoms with Gasteiger partial charge in [-0.3, -0.25) is 0 Å². The van der Waals surface area contributed by atoms with Crippen molar-refractivity contribution in [3.63, 3.8) is 0 Å². The minimum Gasteiger partial charge on any atom is -0.493 e. The van der Waals surface area contributed by atoms with Crippen molar-refractivity contribution in [2.75, 3.05) is 21.2 Å². The predicted molar refractivity (Wildman–Crippen MR) is 110 cm³/mol. The van der Waals surface area contributed by atoms with Crippen molar-refractivity contribution in [1.29, 1.82) is 0 Å². The van der Waals surface area contributed by atoms with Gasteiger partial charge in [-0.15, -0.1) is 0 Å². The summed E-state index contributed by atoms with van der Waals surface area (Å²) in [5.74, 6) is 2.01. The number of rotatable bonds is 5. The molecule has 0 unspecified atom stereocenters. The van der Waals surface area contributed by atoms with Crippen molar-refractivity contribution in [2.45, 2.75) is 33.1 Å². The molecule has 26 heavy (non-hydrogen) atoms. The van der Waals surface area contributed by atoms with Gasteiger partial charge >= 0.3 is 0 Å². The molecule has 4 nitrogen and oxygen atoms in total. The summed E-state index contributed by atoms with van der Waals surface area (Å²) in [6.45, 7) is 8.37. The van der Waals surface area contributed by atoms with Gasteiger partial charge in [-0.25, -0.2) is 4.99 Å². The Morgan fingerprint density at radius 2 is 1.77 bits per heavy atom. The van der Waals surface area contributed by atoms with E-state index >= 15 is 0 Å². The van der Waals surface area contributed by atoms with Crippen LogP contribution in [0, 0.1) is 6.92 Å². The van der Waals surface area contributed by atoms with Gasteiger partial charge in [0.1, 0.15) is 5.75 Å². The zero-order valence-electron chi connectivity index (χ0n) is 16.6. The van der Waals surface area contributed by atoms with Crippen LogP contribution in [0.2, 0.25) is 5.02 Å². The van der Waals surface area contributed by atoms with Crippen LogP contribution in [-0.2, 0) is 5.41 Å². The van der Waals surface area contributed by atoms with Gasteiger partial charge in [0.25, 0.3) is 0 Å². The van der Waals surface area contributed by atoms with Crippen LogP contribution in [0.15, 0.2) is 35.3 Å². The summed E-state index contributed by atoms with van der Waals surface area (Å²) in [7, 11) is 5.49. The molecule has 0 atom stereocenters. The third kappa shape index (κ3) is 4.92. The second kappa shape index (κ2) is 8.00. The van der Waals surface area contributed by atoms with Crippen LogP contribution in [0.25, 0.3) is 0 Å². The number of nitrogens with zero attached hydrogens (tertiary/aromatic N) is 2. The lowest BCUT2D eigenvalue weighted by molar-refractivity contribution is 0.378. The number of halogens is 1. The highest BCUT2D eigenvalue weighted by Gasteiger charge is 2.19. The molecule has 2 aromatic carbocycles. The number of methoxy groups -OCH3 is 1. The van der Waals surface area contributed by atoms with E-state index in [4.69, 9.17) is 21.1 Å².